The van der Waals surface area contributed by atoms with Crippen molar-refractivity contribution in [2.24, 2.45) is 0 Å². The normalized spacial score (nSPS) is 18.7. The van der Waals surface area contributed by atoms with Crippen molar-refractivity contribution in [3.63, 3.8) is 0 Å². The zero-order valence-corrected chi connectivity index (χ0v) is 11.8. The molecule has 0 fully saturated rings. The highest BCUT2D eigenvalue weighted by Gasteiger charge is 2.19. The van der Waals surface area contributed by atoms with Gasteiger partial charge in [0.1, 0.15) is 0 Å². The van der Waals surface area contributed by atoms with Gasteiger partial charge in [-0.1, -0.05) is 47.3 Å². The Labute approximate surface area is 103 Å². The maximum Gasteiger partial charge on any atom is 0.0331 e. The highest BCUT2D eigenvalue weighted by molar-refractivity contribution is 7.84. The molecule has 92 valence electrons. The third-order valence-electron chi connectivity index (χ3n) is 2.05. The van der Waals surface area contributed by atoms with Crippen LogP contribution in [0.1, 0.15) is 48.9 Å². The second-order valence-corrected chi connectivity index (χ2v) is 3.29. The van der Waals surface area contributed by atoms with Gasteiger partial charge in [0.15, 0.2) is 0 Å². The van der Waals surface area contributed by atoms with Crippen LogP contribution in [0.2, 0.25) is 0 Å². The molecule has 0 aromatic carbocycles. The molecule has 1 aliphatic carbocycles. The number of thiol groups is 1. The number of rotatable bonds is 3. The molecular formula is C13H29NS. The van der Waals surface area contributed by atoms with E-state index in [4.69, 9.17) is 0 Å². The van der Waals surface area contributed by atoms with E-state index in [2.05, 4.69) is 31.4 Å². The Bertz CT molecular complexity index is 190. The lowest BCUT2D eigenvalue weighted by molar-refractivity contribution is 0.590. The summed E-state index contributed by atoms with van der Waals surface area (Å²) in [7, 11) is 0. The molecule has 0 amide bonds. The highest BCUT2D eigenvalue weighted by atomic mass is 32.1. The van der Waals surface area contributed by atoms with Gasteiger partial charge in [-0.15, -0.1) is 12.6 Å². The SMILES string of the molecule is C=CC1=C(S)CCC1NCC.CC.CC.[HH]. The molecule has 0 spiro atoms. The molecule has 0 saturated carbocycles. The molecule has 1 atom stereocenters. The van der Waals surface area contributed by atoms with Crippen LogP contribution in [0.25, 0.3) is 0 Å². The monoisotopic (exact) mass is 231 g/mol. The molecule has 0 aromatic rings. The van der Waals surface area contributed by atoms with Gasteiger partial charge in [0.25, 0.3) is 0 Å². The van der Waals surface area contributed by atoms with Crippen LogP contribution in [0.3, 0.4) is 0 Å². The molecule has 0 heterocycles. The third kappa shape index (κ3) is 6.06. The average molecular weight is 231 g/mol. The van der Waals surface area contributed by atoms with Gasteiger partial charge in [-0.2, -0.15) is 0 Å². The molecule has 0 aliphatic heterocycles. The van der Waals surface area contributed by atoms with Crippen LogP contribution in [-0.4, -0.2) is 12.6 Å². The molecule has 1 nitrogen and oxygen atoms in total. The zero-order valence-electron chi connectivity index (χ0n) is 10.9. The van der Waals surface area contributed by atoms with Crippen molar-refractivity contribution >= 4 is 12.6 Å². The smallest absolute Gasteiger partial charge is 0.0331 e. The molecule has 0 radical (unpaired) electrons. The minimum atomic E-state index is 0. The number of likely N-dealkylation sites (N-methyl/N-ethyl adjacent to an activating group) is 1. The van der Waals surface area contributed by atoms with Gasteiger partial charge in [0.05, 0.1) is 0 Å². The molecule has 1 unspecified atom stereocenters. The van der Waals surface area contributed by atoms with Crippen molar-refractivity contribution < 1.29 is 1.43 Å². The fraction of sp³-hybridized carbons (Fsp3) is 0.692. The first-order valence-electron chi connectivity index (χ1n) is 6.07. The van der Waals surface area contributed by atoms with E-state index >= 15 is 0 Å². The summed E-state index contributed by atoms with van der Waals surface area (Å²) in [5, 5.41) is 3.40. The molecule has 0 aromatic heterocycles. The number of hydrogen-bond donors (Lipinski definition) is 2. The molecule has 1 aliphatic rings. The number of hydrogen-bond acceptors (Lipinski definition) is 2. The summed E-state index contributed by atoms with van der Waals surface area (Å²) in [5.41, 5.74) is 1.29. The van der Waals surface area contributed by atoms with E-state index in [9.17, 15) is 0 Å². The van der Waals surface area contributed by atoms with E-state index in [-0.39, 0.29) is 1.43 Å². The maximum absolute atomic E-state index is 4.39. The second-order valence-electron chi connectivity index (χ2n) is 2.76. The predicted octanol–water partition coefficient (Wildman–Crippen LogP) is 4.43. The topological polar surface area (TPSA) is 12.0 Å². The van der Waals surface area contributed by atoms with Crippen LogP contribution in [0.4, 0.5) is 0 Å². The van der Waals surface area contributed by atoms with E-state index < -0.39 is 0 Å². The third-order valence-corrected chi connectivity index (χ3v) is 2.53. The van der Waals surface area contributed by atoms with Crippen LogP contribution in [0, 0.1) is 0 Å². The second kappa shape index (κ2) is 11.9. The first-order chi connectivity index (χ1) is 7.29. The average Bonchev–Trinajstić information content (AvgIpc) is 2.65. The van der Waals surface area contributed by atoms with Gasteiger partial charge in [0.2, 0.25) is 0 Å². The number of allylic oxidation sites excluding steroid dienone is 1. The summed E-state index contributed by atoms with van der Waals surface area (Å²) in [6.45, 7) is 14.9. The van der Waals surface area contributed by atoms with Gasteiger partial charge in [-0.3, -0.25) is 0 Å². The van der Waals surface area contributed by atoms with Crippen molar-refractivity contribution in [3.05, 3.63) is 23.1 Å². The first kappa shape index (κ1) is 17.2. The van der Waals surface area contributed by atoms with Gasteiger partial charge in [-0.25, -0.2) is 0 Å². The zero-order chi connectivity index (χ0) is 12.3. The Hall–Kier alpha value is -0.210. The van der Waals surface area contributed by atoms with E-state index in [0.717, 1.165) is 13.0 Å². The lowest BCUT2D eigenvalue weighted by Crippen LogP contribution is -2.27. The summed E-state index contributed by atoms with van der Waals surface area (Å²) in [5.74, 6) is 0. The van der Waals surface area contributed by atoms with Crippen LogP contribution >= 0.6 is 12.6 Å². The summed E-state index contributed by atoms with van der Waals surface area (Å²) in [6.07, 6.45) is 4.19. The van der Waals surface area contributed by atoms with E-state index in [1.807, 2.05) is 33.8 Å². The lowest BCUT2D eigenvalue weighted by atomic mass is 10.1. The minimum Gasteiger partial charge on any atom is -0.310 e. The standard InChI is InChI=1S/C9H15NS.2C2H6.H2/c1-3-7-8(10-4-2)5-6-9(7)11;2*1-2;/h3,8,10-11H,1,4-6H2,2H3;2*1-2H3;1H. The largest absolute Gasteiger partial charge is 0.310 e. The van der Waals surface area contributed by atoms with E-state index in [0.29, 0.717) is 6.04 Å². The van der Waals surface area contributed by atoms with Gasteiger partial charge in [0, 0.05) is 7.47 Å². The Balaban J connectivity index is -0.000000305. The summed E-state index contributed by atoms with van der Waals surface area (Å²) in [6, 6.07) is 0.505. The predicted molar refractivity (Wildman–Crippen MR) is 77.7 cm³/mol. The summed E-state index contributed by atoms with van der Waals surface area (Å²) >= 11 is 4.39. The molecule has 2 heteroatoms. The highest BCUT2D eigenvalue weighted by Crippen LogP contribution is 2.29. The van der Waals surface area contributed by atoms with E-state index in [1.54, 1.807) is 0 Å². The van der Waals surface area contributed by atoms with Crippen molar-refractivity contribution in [3.8, 4) is 0 Å². The summed E-state index contributed by atoms with van der Waals surface area (Å²) in [4.78, 5) is 1.20. The van der Waals surface area contributed by atoms with Crippen LogP contribution < -0.4 is 5.32 Å². The summed E-state index contributed by atoms with van der Waals surface area (Å²) < 4.78 is 0. The molecular weight excluding hydrogens is 202 g/mol. The quantitative estimate of drug-likeness (QED) is 0.685. The van der Waals surface area contributed by atoms with Crippen LogP contribution in [0.15, 0.2) is 23.1 Å². The van der Waals surface area contributed by atoms with Crippen LogP contribution in [-0.2, 0) is 0 Å². The van der Waals surface area contributed by atoms with Crippen molar-refractivity contribution in [2.75, 3.05) is 6.54 Å². The van der Waals surface area contributed by atoms with Crippen LogP contribution in [0.5, 0.6) is 0 Å². The molecule has 1 N–H and O–H groups in total. The Morgan fingerprint density at radius 3 is 2.40 bits per heavy atom. The fourth-order valence-corrected chi connectivity index (χ4v) is 1.88. The van der Waals surface area contributed by atoms with Crippen molar-refractivity contribution in [2.45, 2.75) is 53.5 Å². The van der Waals surface area contributed by atoms with Gasteiger partial charge < -0.3 is 5.32 Å². The fourth-order valence-electron chi connectivity index (χ4n) is 1.50. The first-order valence-corrected chi connectivity index (χ1v) is 6.52. The van der Waals surface area contributed by atoms with Gasteiger partial charge >= 0.3 is 0 Å². The number of nitrogens with one attached hydrogen (secondary N) is 1. The Kier molecular flexibility index (Phi) is 13.6. The minimum absolute atomic E-state index is 0. The molecule has 0 bridgehead atoms. The Morgan fingerprint density at radius 2 is 2.00 bits per heavy atom. The lowest BCUT2D eigenvalue weighted by Gasteiger charge is -2.12. The maximum atomic E-state index is 4.39. The van der Waals surface area contributed by atoms with Gasteiger partial charge in [-0.05, 0) is 29.9 Å². The van der Waals surface area contributed by atoms with E-state index in [1.165, 1.54) is 16.9 Å². The van der Waals surface area contributed by atoms with Crippen molar-refractivity contribution in [1.29, 1.82) is 0 Å². The molecule has 1 rings (SSSR count). The Morgan fingerprint density at radius 1 is 1.47 bits per heavy atom. The molecule has 0 saturated heterocycles. The molecule has 15 heavy (non-hydrogen) atoms. The van der Waals surface area contributed by atoms with Crippen molar-refractivity contribution in [1.82, 2.24) is 5.32 Å².